The summed E-state index contributed by atoms with van der Waals surface area (Å²) in [4.78, 5) is 12.8. The SMILES string of the molecule is CN(C)C(=O)Nc1ccc(Br)cc1Br. The van der Waals surface area contributed by atoms with E-state index in [0.29, 0.717) is 0 Å². The highest BCUT2D eigenvalue weighted by molar-refractivity contribution is 9.11. The van der Waals surface area contributed by atoms with Crippen molar-refractivity contribution in [3.8, 4) is 0 Å². The van der Waals surface area contributed by atoms with Crippen LogP contribution in [0.1, 0.15) is 0 Å². The second kappa shape index (κ2) is 4.79. The molecule has 5 heteroatoms. The number of hydrogen-bond donors (Lipinski definition) is 1. The fourth-order valence-corrected chi connectivity index (χ4v) is 1.96. The van der Waals surface area contributed by atoms with Crippen molar-refractivity contribution >= 4 is 43.6 Å². The Labute approximate surface area is 99.7 Å². The monoisotopic (exact) mass is 320 g/mol. The molecule has 0 saturated heterocycles. The number of benzene rings is 1. The molecule has 14 heavy (non-hydrogen) atoms. The van der Waals surface area contributed by atoms with Gasteiger partial charge in [0.25, 0.3) is 0 Å². The second-order valence-corrected chi connectivity index (χ2v) is 4.72. The molecular weight excluding hydrogens is 312 g/mol. The summed E-state index contributed by atoms with van der Waals surface area (Å²) < 4.78 is 1.81. The molecule has 0 bridgehead atoms. The highest BCUT2D eigenvalue weighted by atomic mass is 79.9. The summed E-state index contributed by atoms with van der Waals surface area (Å²) in [6.07, 6.45) is 0. The zero-order valence-corrected chi connectivity index (χ0v) is 11.0. The Kier molecular flexibility index (Phi) is 3.95. The summed E-state index contributed by atoms with van der Waals surface area (Å²) in [7, 11) is 3.39. The van der Waals surface area contributed by atoms with Crippen molar-refractivity contribution < 1.29 is 4.79 Å². The molecule has 0 unspecified atom stereocenters. The number of carbonyl (C=O) groups is 1. The first kappa shape index (κ1) is 11.5. The van der Waals surface area contributed by atoms with Gasteiger partial charge in [-0.15, -0.1) is 0 Å². The average Bonchev–Trinajstić information content (AvgIpc) is 2.09. The Morgan fingerprint density at radius 2 is 2.00 bits per heavy atom. The highest BCUT2D eigenvalue weighted by Crippen LogP contribution is 2.26. The van der Waals surface area contributed by atoms with Gasteiger partial charge >= 0.3 is 6.03 Å². The second-order valence-electron chi connectivity index (χ2n) is 2.95. The molecule has 1 N–H and O–H groups in total. The summed E-state index contributed by atoms with van der Waals surface area (Å²) in [5.41, 5.74) is 0.756. The van der Waals surface area contributed by atoms with Crippen LogP contribution < -0.4 is 5.32 Å². The van der Waals surface area contributed by atoms with Gasteiger partial charge in [-0.2, -0.15) is 0 Å². The minimum absolute atomic E-state index is 0.145. The smallest absolute Gasteiger partial charge is 0.321 e. The van der Waals surface area contributed by atoms with Crippen molar-refractivity contribution in [2.75, 3.05) is 19.4 Å². The molecule has 0 aliphatic carbocycles. The molecule has 0 fully saturated rings. The molecule has 3 nitrogen and oxygen atoms in total. The summed E-state index contributed by atoms with van der Waals surface area (Å²) in [5, 5.41) is 2.76. The number of anilines is 1. The third-order valence-electron chi connectivity index (χ3n) is 1.58. The minimum atomic E-state index is -0.145. The van der Waals surface area contributed by atoms with Crippen LogP contribution in [0.15, 0.2) is 27.1 Å². The van der Waals surface area contributed by atoms with Crippen molar-refractivity contribution in [1.29, 1.82) is 0 Å². The number of rotatable bonds is 1. The number of carbonyl (C=O) groups excluding carboxylic acids is 1. The molecule has 0 aromatic heterocycles. The standard InChI is InChI=1S/C9H10Br2N2O/c1-13(2)9(14)12-8-4-3-6(10)5-7(8)11/h3-5H,1-2H3,(H,12,14). The van der Waals surface area contributed by atoms with E-state index in [4.69, 9.17) is 0 Å². The largest absolute Gasteiger partial charge is 0.331 e. The van der Waals surface area contributed by atoms with Gasteiger partial charge in [0.2, 0.25) is 0 Å². The normalized spacial score (nSPS) is 9.71. The first-order chi connectivity index (χ1) is 6.50. The maximum absolute atomic E-state index is 11.3. The summed E-state index contributed by atoms with van der Waals surface area (Å²) in [6.45, 7) is 0. The van der Waals surface area contributed by atoms with Crippen molar-refractivity contribution in [1.82, 2.24) is 4.90 Å². The van der Waals surface area contributed by atoms with E-state index in [1.807, 2.05) is 18.2 Å². The van der Waals surface area contributed by atoms with Gasteiger partial charge in [-0.1, -0.05) is 15.9 Å². The maximum atomic E-state index is 11.3. The van der Waals surface area contributed by atoms with E-state index in [2.05, 4.69) is 37.2 Å². The predicted molar refractivity (Wildman–Crippen MR) is 64.5 cm³/mol. The van der Waals surface area contributed by atoms with Gasteiger partial charge in [-0.3, -0.25) is 0 Å². The third kappa shape index (κ3) is 2.99. The predicted octanol–water partition coefficient (Wildman–Crippen LogP) is 3.31. The van der Waals surface area contributed by atoms with Crippen molar-refractivity contribution in [3.63, 3.8) is 0 Å². The molecule has 0 atom stereocenters. The number of nitrogens with one attached hydrogen (secondary N) is 1. The first-order valence-electron chi connectivity index (χ1n) is 3.94. The van der Waals surface area contributed by atoms with Crippen LogP contribution in [0.3, 0.4) is 0 Å². The van der Waals surface area contributed by atoms with Crippen molar-refractivity contribution in [2.45, 2.75) is 0 Å². The Hall–Kier alpha value is -0.550. The molecular formula is C9H10Br2N2O. The lowest BCUT2D eigenvalue weighted by molar-refractivity contribution is 0.230. The summed E-state index contributed by atoms with van der Waals surface area (Å²) in [5.74, 6) is 0. The Balaban J connectivity index is 2.82. The molecule has 0 spiro atoms. The average molecular weight is 322 g/mol. The van der Waals surface area contributed by atoms with E-state index in [1.165, 1.54) is 4.90 Å². The molecule has 0 aliphatic heterocycles. The molecule has 0 radical (unpaired) electrons. The van der Waals surface area contributed by atoms with Gasteiger partial charge in [0, 0.05) is 23.0 Å². The summed E-state index contributed by atoms with van der Waals surface area (Å²) >= 11 is 6.70. The van der Waals surface area contributed by atoms with Gasteiger partial charge in [-0.25, -0.2) is 4.79 Å². The fourth-order valence-electron chi connectivity index (χ4n) is 0.818. The number of urea groups is 1. The van der Waals surface area contributed by atoms with Crippen LogP contribution in [0.2, 0.25) is 0 Å². The molecule has 76 valence electrons. The van der Waals surface area contributed by atoms with Crippen LogP contribution in [0.5, 0.6) is 0 Å². The minimum Gasteiger partial charge on any atom is -0.331 e. The lowest BCUT2D eigenvalue weighted by Crippen LogP contribution is -2.27. The molecule has 1 aromatic carbocycles. The molecule has 1 aromatic rings. The topological polar surface area (TPSA) is 32.3 Å². The van der Waals surface area contributed by atoms with Crippen LogP contribution in [0.4, 0.5) is 10.5 Å². The van der Waals surface area contributed by atoms with Gasteiger partial charge < -0.3 is 10.2 Å². The van der Waals surface area contributed by atoms with Crippen LogP contribution in [0, 0.1) is 0 Å². The van der Waals surface area contributed by atoms with Gasteiger partial charge in [-0.05, 0) is 34.1 Å². The third-order valence-corrected chi connectivity index (χ3v) is 2.73. The number of amides is 2. The molecule has 0 aliphatic rings. The van der Waals surface area contributed by atoms with Crippen molar-refractivity contribution in [2.24, 2.45) is 0 Å². The quantitative estimate of drug-likeness (QED) is 0.845. The van der Waals surface area contributed by atoms with Gasteiger partial charge in [0.15, 0.2) is 0 Å². The van der Waals surface area contributed by atoms with E-state index in [0.717, 1.165) is 14.6 Å². The molecule has 0 heterocycles. The summed E-state index contributed by atoms with van der Waals surface area (Å²) in [6, 6.07) is 5.43. The lowest BCUT2D eigenvalue weighted by atomic mass is 10.3. The number of halogens is 2. The molecule has 1 rings (SSSR count). The van der Waals surface area contributed by atoms with Crippen LogP contribution in [-0.2, 0) is 0 Å². The fraction of sp³-hybridized carbons (Fsp3) is 0.222. The van der Waals surface area contributed by atoms with E-state index >= 15 is 0 Å². The lowest BCUT2D eigenvalue weighted by Gasteiger charge is -2.13. The van der Waals surface area contributed by atoms with Crippen LogP contribution in [-0.4, -0.2) is 25.0 Å². The first-order valence-corrected chi connectivity index (χ1v) is 5.52. The molecule has 0 saturated carbocycles. The van der Waals surface area contributed by atoms with Gasteiger partial charge in [0.1, 0.15) is 0 Å². The van der Waals surface area contributed by atoms with E-state index in [1.54, 1.807) is 14.1 Å². The van der Waals surface area contributed by atoms with Crippen LogP contribution >= 0.6 is 31.9 Å². The van der Waals surface area contributed by atoms with Crippen LogP contribution in [0.25, 0.3) is 0 Å². The highest BCUT2D eigenvalue weighted by Gasteiger charge is 2.06. The molecule has 2 amide bonds. The Morgan fingerprint density at radius 3 is 2.50 bits per heavy atom. The Bertz CT molecular complexity index is 353. The zero-order chi connectivity index (χ0) is 10.7. The van der Waals surface area contributed by atoms with Gasteiger partial charge in [0.05, 0.1) is 5.69 Å². The van der Waals surface area contributed by atoms with E-state index < -0.39 is 0 Å². The Morgan fingerprint density at radius 1 is 1.36 bits per heavy atom. The van der Waals surface area contributed by atoms with E-state index in [9.17, 15) is 4.79 Å². The zero-order valence-electron chi connectivity index (χ0n) is 7.84. The van der Waals surface area contributed by atoms with Crippen molar-refractivity contribution in [3.05, 3.63) is 27.1 Å². The number of nitrogens with zero attached hydrogens (tertiary/aromatic N) is 1. The maximum Gasteiger partial charge on any atom is 0.321 e. The number of hydrogen-bond acceptors (Lipinski definition) is 1. The van der Waals surface area contributed by atoms with E-state index in [-0.39, 0.29) is 6.03 Å².